The van der Waals surface area contributed by atoms with Gasteiger partial charge in [0, 0.05) is 16.7 Å². The quantitative estimate of drug-likeness (QED) is 0.554. The Balaban J connectivity index is 1.91. The minimum Gasteiger partial charge on any atom is -0.261 e. The fourth-order valence-corrected chi connectivity index (χ4v) is 4.14. The Morgan fingerprint density at radius 1 is 0.840 bits per heavy atom. The Kier molecular flexibility index (Phi) is 4.20. The van der Waals surface area contributed by atoms with Crippen LogP contribution in [0.15, 0.2) is 48.5 Å². The summed E-state index contributed by atoms with van der Waals surface area (Å²) in [4.78, 5) is 0. The van der Waals surface area contributed by atoms with Crippen molar-refractivity contribution in [1.82, 2.24) is 9.78 Å². The molecule has 0 atom stereocenters. The summed E-state index contributed by atoms with van der Waals surface area (Å²) in [7, 11) is 0. The van der Waals surface area contributed by atoms with Crippen LogP contribution in [-0.2, 0) is 0 Å². The van der Waals surface area contributed by atoms with Gasteiger partial charge in [-0.25, -0.2) is 0 Å². The highest BCUT2D eigenvalue weighted by Gasteiger charge is 2.25. The monoisotopic (exact) mass is 330 g/mol. The summed E-state index contributed by atoms with van der Waals surface area (Å²) in [6, 6.07) is 18.1. The Morgan fingerprint density at radius 3 is 2.08 bits per heavy atom. The average Bonchev–Trinajstić information content (AvgIpc) is 3.22. The average molecular weight is 330 g/mol. The van der Waals surface area contributed by atoms with Gasteiger partial charge < -0.3 is 0 Å². The van der Waals surface area contributed by atoms with Gasteiger partial charge in [-0.2, -0.15) is 5.10 Å². The molecule has 0 spiro atoms. The highest BCUT2D eigenvalue weighted by Crippen LogP contribution is 2.38. The van der Waals surface area contributed by atoms with Crippen LogP contribution in [-0.4, -0.2) is 9.78 Å². The first-order valence-electron chi connectivity index (χ1n) is 9.36. The summed E-state index contributed by atoms with van der Waals surface area (Å²) in [6.45, 7) is 6.54. The molecule has 2 aromatic carbocycles. The first-order chi connectivity index (χ1) is 12.1. The van der Waals surface area contributed by atoms with Gasteiger partial charge >= 0.3 is 0 Å². The lowest BCUT2D eigenvalue weighted by Crippen LogP contribution is -2.08. The number of nitrogens with zero attached hydrogens (tertiary/aromatic N) is 2. The molecule has 1 fully saturated rings. The summed E-state index contributed by atoms with van der Waals surface area (Å²) in [5.41, 5.74) is 8.82. The zero-order chi connectivity index (χ0) is 17.4. The zero-order valence-electron chi connectivity index (χ0n) is 15.4. The van der Waals surface area contributed by atoms with Gasteiger partial charge in [-0.1, -0.05) is 60.4 Å². The van der Waals surface area contributed by atoms with E-state index >= 15 is 0 Å². The fraction of sp³-hybridized carbons (Fsp3) is 0.348. The standard InChI is InChI=1S/C23H26N2/c1-16-8-6-10-19(14-16)22-18(3)23(20-11-7-9-17(2)15-20)25(24-22)21-12-4-5-13-21/h6-11,14-15,21H,4-5,12-13H2,1-3H3. The maximum absolute atomic E-state index is 5.13. The van der Waals surface area contributed by atoms with Crippen molar-refractivity contribution < 1.29 is 0 Å². The molecule has 0 radical (unpaired) electrons. The number of hydrogen-bond acceptors (Lipinski definition) is 1. The Bertz CT molecular complexity index is 898. The number of aryl methyl sites for hydroxylation is 2. The summed E-state index contributed by atoms with van der Waals surface area (Å²) in [5, 5.41) is 5.13. The zero-order valence-corrected chi connectivity index (χ0v) is 15.4. The van der Waals surface area contributed by atoms with E-state index in [0.717, 1.165) is 5.69 Å². The van der Waals surface area contributed by atoms with E-state index in [2.05, 4.69) is 74.0 Å². The number of aromatic nitrogens is 2. The predicted molar refractivity (Wildman–Crippen MR) is 105 cm³/mol. The third-order valence-electron chi connectivity index (χ3n) is 5.40. The van der Waals surface area contributed by atoms with Crippen molar-refractivity contribution >= 4 is 0 Å². The van der Waals surface area contributed by atoms with E-state index in [0.29, 0.717) is 6.04 Å². The molecule has 25 heavy (non-hydrogen) atoms. The van der Waals surface area contributed by atoms with Gasteiger partial charge in [0.2, 0.25) is 0 Å². The van der Waals surface area contributed by atoms with E-state index in [1.54, 1.807) is 0 Å². The van der Waals surface area contributed by atoms with Crippen molar-refractivity contribution in [3.63, 3.8) is 0 Å². The summed E-state index contributed by atoms with van der Waals surface area (Å²) in [5.74, 6) is 0. The molecule has 0 saturated heterocycles. The van der Waals surface area contributed by atoms with Crippen LogP contribution in [0.4, 0.5) is 0 Å². The van der Waals surface area contributed by atoms with E-state index in [1.165, 1.54) is 59.2 Å². The Morgan fingerprint density at radius 2 is 1.44 bits per heavy atom. The molecule has 1 aromatic heterocycles. The second-order valence-corrected chi connectivity index (χ2v) is 7.44. The molecule has 3 aromatic rings. The van der Waals surface area contributed by atoms with Gasteiger partial charge in [-0.15, -0.1) is 0 Å². The SMILES string of the molecule is Cc1cccc(-c2nn(C3CCCC3)c(-c3cccc(C)c3)c2C)c1. The third kappa shape index (κ3) is 3.02. The molecule has 1 aliphatic rings. The lowest BCUT2D eigenvalue weighted by atomic mass is 10.0. The fourth-order valence-electron chi connectivity index (χ4n) is 4.14. The van der Waals surface area contributed by atoms with Gasteiger partial charge in [0.15, 0.2) is 0 Å². The molecule has 2 nitrogen and oxygen atoms in total. The smallest absolute Gasteiger partial charge is 0.0959 e. The minimum absolute atomic E-state index is 0.535. The molecule has 1 saturated carbocycles. The maximum Gasteiger partial charge on any atom is 0.0959 e. The third-order valence-corrected chi connectivity index (χ3v) is 5.40. The lowest BCUT2D eigenvalue weighted by molar-refractivity contribution is 0.473. The van der Waals surface area contributed by atoms with Gasteiger partial charge in [0.05, 0.1) is 17.4 Å². The lowest BCUT2D eigenvalue weighted by Gasteiger charge is -2.15. The molecule has 2 heteroatoms. The molecule has 0 unspecified atom stereocenters. The normalized spacial score (nSPS) is 15.0. The van der Waals surface area contributed by atoms with Gasteiger partial charge in [0.25, 0.3) is 0 Å². The van der Waals surface area contributed by atoms with Crippen molar-refractivity contribution in [2.24, 2.45) is 0 Å². The predicted octanol–water partition coefficient (Wildman–Crippen LogP) is 6.26. The van der Waals surface area contributed by atoms with Crippen molar-refractivity contribution in [1.29, 1.82) is 0 Å². The highest BCUT2D eigenvalue weighted by atomic mass is 15.3. The minimum atomic E-state index is 0.535. The number of hydrogen-bond donors (Lipinski definition) is 0. The molecular weight excluding hydrogens is 304 g/mol. The van der Waals surface area contributed by atoms with Crippen molar-refractivity contribution in [3.05, 3.63) is 65.2 Å². The highest BCUT2D eigenvalue weighted by molar-refractivity contribution is 5.74. The van der Waals surface area contributed by atoms with E-state index in [9.17, 15) is 0 Å². The van der Waals surface area contributed by atoms with Crippen molar-refractivity contribution in [2.45, 2.75) is 52.5 Å². The van der Waals surface area contributed by atoms with E-state index < -0.39 is 0 Å². The second-order valence-electron chi connectivity index (χ2n) is 7.44. The van der Waals surface area contributed by atoms with Crippen LogP contribution < -0.4 is 0 Å². The summed E-state index contributed by atoms with van der Waals surface area (Å²) in [6.07, 6.45) is 5.12. The molecule has 4 rings (SSSR count). The van der Waals surface area contributed by atoms with E-state index in [-0.39, 0.29) is 0 Å². The molecule has 1 aliphatic carbocycles. The molecule has 0 bridgehead atoms. The molecule has 0 amide bonds. The van der Waals surface area contributed by atoms with Crippen molar-refractivity contribution in [2.75, 3.05) is 0 Å². The topological polar surface area (TPSA) is 17.8 Å². The van der Waals surface area contributed by atoms with Crippen LogP contribution in [0.25, 0.3) is 22.5 Å². The van der Waals surface area contributed by atoms with Crippen LogP contribution >= 0.6 is 0 Å². The number of benzene rings is 2. The molecule has 128 valence electrons. The Labute approximate surface area is 150 Å². The van der Waals surface area contributed by atoms with Gasteiger partial charge in [-0.3, -0.25) is 4.68 Å². The maximum atomic E-state index is 5.13. The van der Waals surface area contributed by atoms with Crippen LogP contribution in [0.2, 0.25) is 0 Å². The molecule has 1 heterocycles. The summed E-state index contributed by atoms with van der Waals surface area (Å²) >= 11 is 0. The van der Waals surface area contributed by atoms with Crippen LogP contribution in [0.1, 0.15) is 48.4 Å². The van der Waals surface area contributed by atoms with Crippen LogP contribution in [0.5, 0.6) is 0 Å². The van der Waals surface area contributed by atoms with Crippen LogP contribution in [0, 0.1) is 20.8 Å². The van der Waals surface area contributed by atoms with E-state index in [4.69, 9.17) is 5.10 Å². The van der Waals surface area contributed by atoms with Crippen molar-refractivity contribution in [3.8, 4) is 22.5 Å². The summed E-state index contributed by atoms with van der Waals surface area (Å²) < 4.78 is 2.33. The van der Waals surface area contributed by atoms with Gasteiger partial charge in [-0.05, 0) is 45.7 Å². The first-order valence-corrected chi connectivity index (χ1v) is 9.36. The van der Waals surface area contributed by atoms with E-state index in [1.807, 2.05) is 0 Å². The molecule has 0 aliphatic heterocycles. The largest absolute Gasteiger partial charge is 0.261 e. The first kappa shape index (κ1) is 16.1. The molecule has 0 N–H and O–H groups in total. The van der Waals surface area contributed by atoms with Crippen LogP contribution in [0.3, 0.4) is 0 Å². The molecular formula is C23H26N2. The van der Waals surface area contributed by atoms with Gasteiger partial charge in [0.1, 0.15) is 0 Å². The Hall–Kier alpha value is -2.35. The second kappa shape index (κ2) is 6.51. The number of rotatable bonds is 3.